The minimum atomic E-state index is -0.144. The average Bonchev–Trinajstić information content (AvgIpc) is 2.97. The third-order valence-electron chi connectivity index (χ3n) is 3.45. The van der Waals surface area contributed by atoms with Crippen LogP contribution in [-0.2, 0) is 0 Å². The Morgan fingerprint density at radius 3 is 2.62 bits per heavy atom. The summed E-state index contributed by atoms with van der Waals surface area (Å²) < 4.78 is 1.74. The molecule has 3 rings (SSSR count). The molecule has 1 aliphatic rings. The van der Waals surface area contributed by atoms with Crippen LogP contribution in [0.15, 0.2) is 18.7 Å². The van der Waals surface area contributed by atoms with Crippen LogP contribution >= 0.6 is 0 Å². The molecule has 1 saturated carbocycles. The summed E-state index contributed by atoms with van der Waals surface area (Å²) in [4.78, 5) is 17.1. The van der Waals surface area contributed by atoms with Crippen LogP contribution < -0.4 is 10.6 Å². The zero-order valence-corrected chi connectivity index (χ0v) is 11.9. The molecule has 8 heteroatoms. The number of imidazole rings is 1. The van der Waals surface area contributed by atoms with E-state index in [4.69, 9.17) is 0 Å². The molecule has 0 bridgehead atoms. The van der Waals surface area contributed by atoms with E-state index in [1.165, 1.54) is 0 Å². The molecule has 1 aliphatic carbocycles. The summed E-state index contributed by atoms with van der Waals surface area (Å²) in [7, 11) is 0. The Bertz CT molecular complexity index is 580. The molecule has 3 N–H and O–H groups in total. The largest absolute Gasteiger partial charge is 0.393 e. The van der Waals surface area contributed by atoms with E-state index in [-0.39, 0.29) is 6.10 Å². The Kier molecular flexibility index (Phi) is 3.96. The number of nitrogens with zero attached hydrogens (tertiary/aromatic N) is 5. The second kappa shape index (κ2) is 6.04. The first-order chi connectivity index (χ1) is 10.2. The highest BCUT2D eigenvalue weighted by atomic mass is 16.3. The summed E-state index contributed by atoms with van der Waals surface area (Å²) >= 11 is 0. The van der Waals surface area contributed by atoms with Crippen molar-refractivity contribution in [3.8, 4) is 5.95 Å². The van der Waals surface area contributed by atoms with Gasteiger partial charge in [0.05, 0.1) is 6.10 Å². The van der Waals surface area contributed by atoms with Gasteiger partial charge in [-0.25, -0.2) is 4.98 Å². The summed E-state index contributed by atoms with van der Waals surface area (Å²) in [6.45, 7) is 3.49. The van der Waals surface area contributed by atoms with Crippen molar-refractivity contribution in [3.63, 3.8) is 0 Å². The van der Waals surface area contributed by atoms with E-state index >= 15 is 0 Å². The van der Waals surface area contributed by atoms with Gasteiger partial charge in [-0.3, -0.25) is 4.57 Å². The number of hydrogen-bond donors (Lipinski definition) is 3. The highest BCUT2D eigenvalue weighted by Crippen LogP contribution is 2.27. The van der Waals surface area contributed by atoms with Gasteiger partial charge in [-0.05, 0) is 25.7 Å². The van der Waals surface area contributed by atoms with Crippen LogP contribution in [0.4, 0.5) is 11.9 Å². The van der Waals surface area contributed by atoms with E-state index in [1.54, 1.807) is 23.3 Å². The van der Waals surface area contributed by atoms with Crippen molar-refractivity contribution in [2.24, 2.45) is 5.92 Å². The van der Waals surface area contributed by atoms with Gasteiger partial charge >= 0.3 is 0 Å². The lowest BCUT2D eigenvalue weighted by molar-refractivity contribution is 0.0486. The zero-order valence-electron chi connectivity index (χ0n) is 11.9. The highest BCUT2D eigenvalue weighted by molar-refractivity contribution is 5.38. The highest BCUT2D eigenvalue weighted by Gasteiger charge is 2.26. The minimum Gasteiger partial charge on any atom is -0.393 e. The Morgan fingerprint density at radius 2 is 2.00 bits per heavy atom. The Hall–Kier alpha value is -2.22. The fourth-order valence-corrected chi connectivity index (χ4v) is 2.28. The molecule has 0 amide bonds. The van der Waals surface area contributed by atoms with Crippen LogP contribution in [0.1, 0.15) is 19.8 Å². The van der Waals surface area contributed by atoms with Crippen molar-refractivity contribution in [1.82, 2.24) is 24.5 Å². The maximum atomic E-state index is 9.31. The first kappa shape index (κ1) is 13.7. The minimum absolute atomic E-state index is 0.144. The van der Waals surface area contributed by atoms with E-state index < -0.39 is 0 Å². The number of aliphatic hydroxyl groups excluding tert-OH is 1. The number of rotatable bonds is 6. The lowest BCUT2D eigenvalue weighted by Gasteiger charge is -2.31. The van der Waals surface area contributed by atoms with Gasteiger partial charge < -0.3 is 15.7 Å². The van der Waals surface area contributed by atoms with Crippen molar-refractivity contribution in [3.05, 3.63) is 18.7 Å². The fraction of sp³-hybridized carbons (Fsp3) is 0.538. The topological polar surface area (TPSA) is 101 Å². The average molecular weight is 289 g/mol. The fourth-order valence-electron chi connectivity index (χ4n) is 2.28. The monoisotopic (exact) mass is 289 g/mol. The van der Waals surface area contributed by atoms with Gasteiger partial charge in [0.15, 0.2) is 0 Å². The summed E-state index contributed by atoms with van der Waals surface area (Å²) in [5.41, 5.74) is 0. The van der Waals surface area contributed by atoms with Crippen molar-refractivity contribution in [2.45, 2.75) is 25.9 Å². The van der Waals surface area contributed by atoms with Gasteiger partial charge in [0.1, 0.15) is 6.33 Å². The first-order valence-electron chi connectivity index (χ1n) is 7.15. The van der Waals surface area contributed by atoms with Gasteiger partial charge in [-0.15, -0.1) is 0 Å². The van der Waals surface area contributed by atoms with Crippen LogP contribution in [0.5, 0.6) is 0 Å². The molecule has 2 aromatic rings. The molecule has 0 aromatic carbocycles. The number of nitrogens with one attached hydrogen (secondary N) is 2. The number of aliphatic hydroxyl groups is 1. The van der Waals surface area contributed by atoms with Crippen LogP contribution in [0.2, 0.25) is 0 Å². The molecule has 8 nitrogen and oxygen atoms in total. The normalized spacial score (nSPS) is 20.9. The second-order valence-corrected chi connectivity index (χ2v) is 5.16. The molecular formula is C13H19N7O. The van der Waals surface area contributed by atoms with E-state index in [9.17, 15) is 5.11 Å². The van der Waals surface area contributed by atoms with Crippen LogP contribution in [-0.4, -0.2) is 48.8 Å². The van der Waals surface area contributed by atoms with Crippen molar-refractivity contribution >= 4 is 11.9 Å². The zero-order chi connectivity index (χ0) is 14.7. The number of hydrogen-bond acceptors (Lipinski definition) is 7. The van der Waals surface area contributed by atoms with E-state index in [1.807, 2.05) is 6.92 Å². The maximum absolute atomic E-state index is 9.31. The molecule has 0 saturated heterocycles. The van der Waals surface area contributed by atoms with Crippen molar-refractivity contribution < 1.29 is 5.11 Å². The second-order valence-electron chi connectivity index (χ2n) is 5.16. The van der Waals surface area contributed by atoms with Gasteiger partial charge in [-0.2, -0.15) is 15.0 Å². The van der Waals surface area contributed by atoms with Crippen LogP contribution in [0.3, 0.4) is 0 Å². The molecule has 0 spiro atoms. The quantitative estimate of drug-likeness (QED) is 0.718. The summed E-state index contributed by atoms with van der Waals surface area (Å²) in [6.07, 6.45) is 6.65. The summed E-state index contributed by atoms with van der Waals surface area (Å²) in [5, 5.41) is 15.6. The van der Waals surface area contributed by atoms with E-state index in [0.29, 0.717) is 23.8 Å². The third-order valence-corrected chi connectivity index (χ3v) is 3.45. The Labute approximate surface area is 122 Å². The van der Waals surface area contributed by atoms with Crippen LogP contribution in [0, 0.1) is 5.92 Å². The molecule has 2 heterocycles. The van der Waals surface area contributed by atoms with Gasteiger partial charge in [0.2, 0.25) is 17.8 Å². The molecule has 0 radical (unpaired) electrons. The van der Waals surface area contributed by atoms with Crippen molar-refractivity contribution in [2.75, 3.05) is 23.7 Å². The number of aromatic nitrogens is 5. The first-order valence-corrected chi connectivity index (χ1v) is 7.15. The smallest absolute Gasteiger partial charge is 0.241 e. The van der Waals surface area contributed by atoms with E-state index in [2.05, 4.69) is 30.6 Å². The maximum Gasteiger partial charge on any atom is 0.241 e. The summed E-state index contributed by atoms with van der Waals surface area (Å²) in [6, 6.07) is 0. The van der Waals surface area contributed by atoms with Gasteiger partial charge in [0, 0.05) is 25.5 Å². The Morgan fingerprint density at radius 1 is 1.24 bits per heavy atom. The van der Waals surface area contributed by atoms with Gasteiger partial charge in [0.25, 0.3) is 0 Å². The lowest BCUT2D eigenvalue weighted by atomic mass is 9.82. The number of anilines is 2. The SMILES string of the molecule is CCNc1nc(NCC2CC(O)C2)nc(-n2ccnc2)n1. The lowest BCUT2D eigenvalue weighted by Crippen LogP contribution is -2.33. The molecule has 0 aliphatic heterocycles. The Balaban J connectivity index is 1.75. The predicted octanol–water partition coefficient (Wildman–Crippen LogP) is 0.672. The molecule has 0 unspecified atom stereocenters. The molecule has 1 fully saturated rings. The summed E-state index contributed by atoms with van der Waals surface area (Å²) in [5.74, 6) is 2.07. The molecule has 2 aromatic heterocycles. The third kappa shape index (κ3) is 3.27. The standard InChI is InChI=1S/C13H19N7O/c1-2-15-11-17-12(16-7-9-5-10(21)6-9)19-13(18-11)20-4-3-14-8-20/h3-4,8-10,21H,2,5-7H2,1H3,(H2,15,16,17,18,19). The van der Waals surface area contributed by atoms with E-state index in [0.717, 1.165) is 25.9 Å². The van der Waals surface area contributed by atoms with Gasteiger partial charge in [-0.1, -0.05) is 0 Å². The van der Waals surface area contributed by atoms with Crippen LogP contribution in [0.25, 0.3) is 5.95 Å². The predicted molar refractivity (Wildman–Crippen MR) is 78.3 cm³/mol. The molecular weight excluding hydrogens is 270 g/mol. The van der Waals surface area contributed by atoms with Crippen molar-refractivity contribution in [1.29, 1.82) is 0 Å². The molecule has 0 atom stereocenters. The molecule has 112 valence electrons. The molecule has 21 heavy (non-hydrogen) atoms.